The quantitative estimate of drug-likeness (QED) is 0.666. The Bertz CT molecular complexity index is 571. The Labute approximate surface area is 125 Å². The van der Waals surface area contributed by atoms with Gasteiger partial charge >= 0.3 is 5.97 Å². The van der Waals surface area contributed by atoms with Crippen LogP contribution in [-0.2, 0) is 9.53 Å². The van der Waals surface area contributed by atoms with Gasteiger partial charge in [0.25, 0.3) is 0 Å². The van der Waals surface area contributed by atoms with E-state index in [1.807, 2.05) is 12.1 Å². The zero-order valence-corrected chi connectivity index (χ0v) is 12.6. The molecule has 1 aromatic rings. The van der Waals surface area contributed by atoms with Crippen molar-refractivity contribution in [2.45, 2.75) is 44.9 Å². The van der Waals surface area contributed by atoms with E-state index in [2.05, 4.69) is 0 Å². The summed E-state index contributed by atoms with van der Waals surface area (Å²) in [6.45, 7) is 1.74. The molecule has 0 aromatic heterocycles. The van der Waals surface area contributed by atoms with Crippen molar-refractivity contribution < 1.29 is 14.3 Å². The number of nitrogens with one attached hydrogen (secondary N) is 1. The summed E-state index contributed by atoms with van der Waals surface area (Å²) >= 11 is 0. The molecule has 4 heteroatoms. The number of methoxy groups -OCH3 is 1. The van der Waals surface area contributed by atoms with Crippen LogP contribution >= 0.6 is 0 Å². The molecule has 21 heavy (non-hydrogen) atoms. The SMILES string of the molecule is CCC(=O)C(=N)c1cc(C(=O)OC)cc(C2CCCC2)c1. The van der Waals surface area contributed by atoms with Crippen LogP contribution in [0.1, 0.15) is 66.4 Å². The molecule has 1 fully saturated rings. The number of carbonyl (C=O) groups excluding carboxylic acids is 2. The van der Waals surface area contributed by atoms with Gasteiger partial charge in [0.2, 0.25) is 0 Å². The molecular weight excluding hydrogens is 266 g/mol. The van der Waals surface area contributed by atoms with Crippen LogP contribution in [0.3, 0.4) is 0 Å². The van der Waals surface area contributed by atoms with Crippen molar-refractivity contribution in [1.82, 2.24) is 0 Å². The van der Waals surface area contributed by atoms with Crippen LogP contribution in [0.4, 0.5) is 0 Å². The van der Waals surface area contributed by atoms with Gasteiger partial charge in [-0.2, -0.15) is 0 Å². The molecule has 0 bridgehead atoms. The third-order valence-corrected chi connectivity index (χ3v) is 4.09. The standard InChI is InChI=1S/C17H21NO3/c1-3-15(19)16(18)13-8-12(11-6-4-5-7-11)9-14(10-13)17(20)21-2/h8-11,18H,3-7H2,1-2H3. The van der Waals surface area contributed by atoms with Gasteiger partial charge in [-0.05, 0) is 42.5 Å². The van der Waals surface area contributed by atoms with E-state index >= 15 is 0 Å². The van der Waals surface area contributed by atoms with Gasteiger partial charge in [0, 0.05) is 12.0 Å². The largest absolute Gasteiger partial charge is 0.465 e. The van der Waals surface area contributed by atoms with Crippen LogP contribution in [0.15, 0.2) is 18.2 Å². The molecule has 0 saturated heterocycles. The fourth-order valence-electron chi connectivity index (χ4n) is 2.86. The van der Waals surface area contributed by atoms with E-state index in [4.69, 9.17) is 10.1 Å². The molecule has 1 N–H and O–H groups in total. The Hall–Kier alpha value is -1.97. The molecular formula is C17H21NO3. The van der Waals surface area contributed by atoms with E-state index in [9.17, 15) is 9.59 Å². The lowest BCUT2D eigenvalue weighted by Gasteiger charge is -2.14. The summed E-state index contributed by atoms with van der Waals surface area (Å²) in [6.07, 6.45) is 4.86. The molecule has 0 unspecified atom stereocenters. The number of hydrogen-bond acceptors (Lipinski definition) is 4. The zero-order valence-electron chi connectivity index (χ0n) is 12.6. The topological polar surface area (TPSA) is 67.2 Å². The summed E-state index contributed by atoms with van der Waals surface area (Å²) in [4.78, 5) is 23.6. The maximum absolute atomic E-state index is 11.8. The molecule has 0 aliphatic heterocycles. The van der Waals surface area contributed by atoms with Crippen molar-refractivity contribution >= 4 is 17.5 Å². The number of Topliss-reactive ketones (excluding diaryl/α,β-unsaturated/α-hetero) is 1. The van der Waals surface area contributed by atoms with Crippen LogP contribution in [0.2, 0.25) is 0 Å². The number of esters is 1. The Morgan fingerprint density at radius 3 is 2.38 bits per heavy atom. The highest BCUT2D eigenvalue weighted by molar-refractivity contribution is 6.45. The van der Waals surface area contributed by atoms with Gasteiger partial charge in [-0.3, -0.25) is 10.2 Å². The smallest absolute Gasteiger partial charge is 0.337 e. The Balaban J connectivity index is 2.43. The summed E-state index contributed by atoms with van der Waals surface area (Å²) in [5.41, 5.74) is 1.96. The number of ketones is 1. The first-order valence-corrected chi connectivity index (χ1v) is 7.42. The maximum Gasteiger partial charge on any atom is 0.337 e. The first-order chi connectivity index (χ1) is 10.1. The van der Waals surface area contributed by atoms with Gasteiger partial charge in [-0.1, -0.05) is 19.8 Å². The van der Waals surface area contributed by atoms with Crippen LogP contribution in [0.25, 0.3) is 0 Å². The predicted octanol–water partition coefficient (Wildman–Crippen LogP) is 3.48. The predicted molar refractivity (Wildman–Crippen MR) is 81.1 cm³/mol. The first kappa shape index (κ1) is 15.4. The van der Waals surface area contributed by atoms with Crippen LogP contribution < -0.4 is 0 Å². The minimum Gasteiger partial charge on any atom is -0.465 e. The second kappa shape index (κ2) is 6.66. The van der Waals surface area contributed by atoms with Gasteiger partial charge in [-0.15, -0.1) is 0 Å². The fourth-order valence-corrected chi connectivity index (χ4v) is 2.86. The van der Waals surface area contributed by atoms with Gasteiger partial charge in [0.15, 0.2) is 5.78 Å². The third-order valence-electron chi connectivity index (χ3n) is 4.09. The maximum atomic E-state index is 11.8. The molecule has 1 aliphatic carbocycles. The summed E-state index contributed by atoms with van der Waals surface area (Å²) < 4.78 is 4.78. The van der Waals surface area contributed by atoms with Crippen molar-refractivity contribution in [3.05, 3.63) is 34.9 Å². The van der Waals surface area contributed by atoms with Crippen LogP contribution in [0.5, 0.6) is 0 Å². The van der Waals surface area contributed by atoms with Gasteiger partial charge in [0.1, 0.15) is 5.71 Å². The van der Waals surface area contributed by atoms with Crippen molar-refractivity contribution in [3.63, 3.8) is 0 Å². The highest BCUT2D eigenvalue weighted by Crippen LogP contribution is 2.35. The van der Waals surface area contributed by atoms with Crippen molar-refractivity contribution in [3.8, 4) is 0 Å². The zero-order chi connectivity index (χ0) is 15.4. The van der Waals surface area contributed by atoms with Crippen molar-refractivity contribution in [1.29, 1.82) is 5.41 Å². The van der Waals surface area contributed by atoms with E-state index in [0.29, 0.717) is 23.5 Å². The van der Waals surface area contributed by atoms with Crippen LogP contribution in [-0.4, -0.2) is 24.6 Å². The molecule has 1 saturated carbocycles. The first-order valence-electron chi connectivity index (χ1n) is 7.42. The van der Waals surface area contributed by atoms with Crippen molar-refractivity contribution in [2.24, 2.45) is 0 Å². The Morgan fingerprint density at radius 2 is 1.81 bits per heavy atom. The van der Waals surface area contributed by atoms with Gasteiger partial charge in [-0.25, -0.2) is 4.79 Å². The fraction of sp³-hybridized carbons (Fsp3) is 0.471. The average molecular weight is 287 g/mol. The van der Waals surface area contributed by atoms with E-state index in [1.54, 1.807) is 13.0 Å². The lowest BCUT2D eigenvalue weighted by molar-refractivity contribution is -0.112. The number of rotatable bonds is 5. The van der Waals surface area contributed by atoms with Gasteiger partial charge < -0.3 is 4.74 Å². The molecule has 4 nitrogen and oxygen atoms in total. The van der Waals surface area contributed by atoms with Crippen LogP contribution in [0, 0.1) is 5.41 Å². The summed E-state index contributed by atoms with van der Waals surface area (Å²) in [5, 5.41) is 8.00. The molecule has 1 aromatic carbocycles. The molecule has 1 aliphatic rings. The second-order valence-corrected chi connectivity index (χ2v) is 5.47. The van der Waals surface area contributed by atoms with E-state index in [1.165, 1.54) is 20.0 Å². The monoisotopic (exact) mass is 287 g/mol. The van der Waals surface area contributed by atoms with E-state index in [-0.39, 0.29) is 11.5 Å². The number of benzene rings is 1. The average Bonchev–Trinajstić information content (AvgIpc) is 3.06. The molecule has 0 atom stereocenters. The second-order valence-electron chi connectivity index (χ2n) is 5.47. The lowest BCUT2D eigenvalue weighted by atomic mass is 9.91. The lowest BCUT2D eigenvalue weighted by Crippen LogP contribution is -2.15. The highest BCUT2D eigenvalue weighted by atomic mass is 16.5. The highest BCUT2D eigenvalue weighted by Gasteiger charge is 2.21. The van der Waals surface area contributed by atoms with E-state index in [0.717, 1.165) is 18.4 Å². The van der Waals surface area contributed by atoms with Gasteiger partial charge in [0.05, 0.1) is 12.7 Å². The molecule has 0 amide bonds. The van der Waals surface area contributed by atoms with Crippen molar-refractivity contribution in [2.75, 3.05) is 7.11 Å². The molecule has 112 valence electrons. The molecule has 2 rings (SSSR count). The third kappa shape index (κ3) is 3.38. The Kier molecular flexibility index (Phi) is 4.89. The normalized spacial score (nSPS) is 15.0. The molecule has 0 radical (unpaired) electrons. The Morgan fingerprint density at radius 1 is 1.19 bits per heavy atom. The summed E-state index contributed by atoms with van der Waals surface area (Å²) in [7, 11) is 1.34. The molecule has 0 spiro atoms. The van der Waals surface area contributed by atoms with E-state index < -0.39 is 5.97 Å². The number of hydrogen-bond donors (Lipinski definition) is 1. The minimum absolute atomic E-state index is 0.0255. The summed E-state index contributed by atoms with van der Waals surface area (Å²) in [6, 6.07) is 5.31. The number of ether oxygens (including phenoxy) is 1. The number of carbonyl (C=O) groups is 2. The summed E-state index contributed by atoms with van der Waals surface area (Å²) in [5.74, 6) is -0.222. The minimum atomic E-state index is -0.423. The molecule has 0 heterocycles.